The summed E-state index contributed by atoms with van der Waals surface area (Å²) >= 11 is 5.55. The van der Waals surface area contributed by atoms with Gasteiger partial charge in [-0.1, -0.05) is 101 Å². The number of rotatable bonds is 14. The van der Waals surface area contributed by atoms with Gasteiger partial charge in [-0.25, -0.2) is 0 Å². The third-order valence-electron chi connectivity index (χ3n) is 5.29. The SMILES string of the molecule is CCCCCCCCCCCCC(NC(=S)Nc1ccncc1)c1ccccc1. The van der Waals surface area contributed by atoms with E-state index in [1.165, 1.54) is 69.8 Å². The number of thiocarbonyl (C=S) groups is 1. The molecular formula is C25H37N3S. The first kappa shape index (κ1) is 23.3. The summed E-state index contributed by atoms with van der Waals surface area (Å²) in [6.45, 7) is 2.28. The van der Waals surface area contributed by atoms with E-state index in [0.29, 0.717) is 5.11 Å². The highest BCUT2D eigenvalue weighted by atomic mass is 32.1. The van der Waals surface area contributed by atoms with Crippen LogP contribution in [0.15, 0.2) is 54.9 Å². The summed E-state index contributed by atoms with van der Waals surface area (Å²) in [7, 11) is 0. The number of aromatic nitrogens is 1. The van der Waals surface area contributed by atoms with Crippen molar-refractivity contribution in [3.63, 3.8) is 0 Å². The first-order chi connectivity index (χ1) is 14.3. The quantitative estimate of drug-likeness (QED) is 0.250. The van der Waals surface area contributed by atoms with Gasteiger partial charge in [0, 0.05) is 18.1 Å². The summed E-state index contributed by atoms with van der Waals surface area (Å²) in [6.07, 6.45) is 18.2. The standard InChI is InChI=1S/C25H37N3S/c1-2-3-4-5-6-7-8-9-10-14-17-24(22-15-12-11-13-16-22)28-25(29)27-23-18-20-26-21-19-23/h11-13,15-16,18-21,24H,2-10,14,17H2,1H3,(H2,26,27,28,29). The number of hydrogen-bond donors (Lipinski definition) is 2. The molecule has 3 nitrogen and oxygen atoms in total. The van der Waals surface area contributed by atoms with Crippen LogP contribution in [-0.4, -0.2) is 10.1 Å². The number of nitrogens with one attached hydrogen (secondary N) is 2. The predicted molar refractivity (Wildman–Crippen MR) is 129 cm³/mol. The minimum atomic E-state index is 0.243. The Morgan fingerprint density at radius 2 is 1.41 bits per heavy atom. The fraction of sp³-hybridized carbons (Fsp3) is 0.520. The van der Waals surface area contributed by atoms with Crippen molar-refractivity contribution in [3.05, 3.63) is 60.4 Å². The summed E-state index contributed by atoms with van der Waals surface area (Å²) in [4.78, 5) is 4.05. The minimum absolute atomic E-state index is 0.243. The largest absolute Gasteiger partial charge is 0.356 e. The van der Waals surface area contributed by atoms with Crippen molar-refractivity contribution < 1.29 is 0 Å². The van der Waals surface area contributed by atoms with Crippen molar-refractivity contribution in [1.82, 2.24) is 10.3 Å². The molecule has 0 bridgehead atoms. The lowest BCUT2D eigenvalue weighted by Gasteiger charge is -2.21. The molecule has 2 rings (SSSR count). The first-order valence-corrected chi connectivity index (χ1v) is 11.7. The molecule has 1 aromatic heterocycles. The molecule has 0 radical (unpaired) electrons. The maximum Gasteiger partial charge on any atom is 0.171 e. The molecule has 0 saturated heterocycles. The highest BCUT2D eigenvalue weighted by molar-refractivity contribution is 7.80. The molecule has 0 amide bonds. The Morgan fingerprint density at radius 1 is 0.828 bits per heavy atom. The van der Waals surface area contributed by atoms with Gasteiger partial charge in [0.1, 0.15) is 0 Å². The summed E-state index contributed by atoms with van der Waals surface area (Å²) in [6, 6.07) is 14.7. The topological polar surface area (TPSA) is 37.0 Å². The Balaban J connectivity index is 1.71. The highest BCUT2D eigenvalue weighted by Gasteiger charge is 2.12. The van der Waals surface area contributed by atoms with E-state index in [1.54, 1.807) is 12.4 Å². The molecule has 1 atom stereocenters. The second-order valence-electron chi connectivity index (χ2n) is 7.77. The van der Waals surface area contributed by atoms with Crippen molar-refractivity contribution >= 4 is 23.0 Å². The van der Waals surface area contributed by atoms with Gasteiger partial charge in [-0.3, -0.25) is 4.98 Å². The van der Waals surface area contributed by atoms with E-state index in [2.05, 4.69) is 52.9 Å². The van der Waals surface area contributed by atoms with Gasteiger partial charge < -0.3 is 10.6 Å². The first-order valence-electron chi connectivity index (χ1n) is 11.3. The molecule has 29 heavy (non-hydrogen) atoms. The zero-order valence-corrected chi connectivity index (χ0v) is 18.7. The van der Waals surface area contributed by atoms with Gasteiger partial charge in [0.25, 0.3) is 0 Å². The van der Waals surface area contributed by atoms with Crippen LogP contribution in [0, 0.1) is 0 Å². The molecule has 1 unspecified atom stereocenters. The second kappa shape index (κ2) is 15.0. The number of pyridine rings is 1. The van der Waals surface area contributed by atoms with Crippen LogP contribution in [0.2, 0.25) is 0 Å². The van der Waals surface area contributed by atoms with Crippen LogP contribution in [0.3, 0.4) is 0 Å². The van der Waals surface area contributed by atoms with Crippen LogP contribution >= 0.6 is 12.2 Å². The average molecular weight is 412 g/mol. The Bertz CT molecular complexity index is 660. The zero-order valence-electron chi connectivity index (χ0n) is 17.9. The lowest BCUT2D eigenvalue weighted by atomic mass is 9.99. The van der Waals surface area contributed by atoms with Gasteiger partial charge >= 0.3 is 0 Å². The molecule has 2 N–H and O–H groups in total. The van der Waals surface area contributed by atoms with Crippen LogP contribution in [0.25, 0.3) is 0 Å². The van der Waals surface area contributed by atoms with Crippen LogP contribution in [-0.2, 0) is 0 Å². The summed E-state index contributed by atoms with van der Waals surface area (Å²) < 4.78 is 0. The van der Waals surface area contributed by atoms with Crippen molar-refractivity contribution in [2.24, 2.45) is 0 Å². The highest BCUT2D eigenvalue weighted by Crippen LogP contribution is 2.21. The lowest BCUT2D eigenvalue weighted by molar-refractivity contribution is 0.512. The fourth-order valence-electron chi connectivity index (χ4n) is 3.60. The van der Waals surface area contributed by atoms with Gasteiger partial charge in [-0.2, -0.15) is 0 Å². The van der Waals surface area contributed by atoms with E-state index in [9.17, 15) is 0 Å². The molecular weight excluding hydrogens is 374 g/mol. The molecule has 4 heteroatoms. The van der Waals surface area contributed by atoms with Crippen molar-refractivity contribution in [3.8, 4) is 0 Å². The number of anilines is 1. The van der Waals surface area contributed by atoms with Gasteiger partial charge in [0.2, 0.25) is 0 Å². The molecule has 0 fully saturated rings. The van der Waals surface area contributed by atoms with Crippen LogP contribution in [0.5, 0.6) is 0 Å². The van der Waals surface area contributed by atoms with Gasteiger partial charge in [-0.05, 0) is 36.3 Å². The van der Waals surface area contributed by atoms with Crippen LogP contribution < -0.4 is 10.6 Å². The summed E-state index contributed by atoms with van der Waals surface area (Å²) in [5.41, 5.74) is 2.26. The predicted octanol–water partition coefficient (Wildman–Crippen LogP) is 7.42. The summed E-state index contributed by atoms with van der Waals surface area (Å²) in [5.74, 6) is 0. The molecule has 0 aliphatic rings. The van der Waals surface area contributed by atoms with Gasteiger partial charge in [0.15, 0.2) is 5.11 Å². The average Bonchev–Trinajstić information content (AvgIpc) is 2.75. The molecule has 2 aromatic rings. The van der Waals surface area contributed by atoms with E-state index >= 15 is 0 Å². The maximum atomic E-state index is 5.55. The molecule has 0 aliphatic heterocycles. The Morgan fingerprint density at radius 3 is 2.03 bits per heavy atom. The van der Waals surface area contributed by atoms with E-state index in [0.717, 1.165) is 12.1 Å². The normalized spacial score (nSPS) is 11.8. The van der Waals surface area contributed by atoms with Gasteiger partial charge in [0.05, 0.1) is 6.04 Å². The summed E-state index contributed by atoms with van der Waals surface area (Å²) in [5, 5.41) is 7.44. The zero-order chi connectivity index (χ0) is 20.6. The Kier molecular flexibility index (Phi) is 12.1. The Labute approximate surface area is 182 Å². The molecule has 0 aliphatic carbocycles. The van der Waals surface area contributed by atoms with Gasteiger partial charge in [-0.15, -0.1) is 0 Å². The smallest absolute Gasteiger partial charge is 0.171 e. The van der Waals surface area contributed by atoms with E-state index in [-0.39, 0.29) is 6.04 Å². The van der Waals surface area contributed by atoms with E-state index in [4.69, 9.17) is 12.2 Å². The molecule has 0 saturated carbocycles. The lowest BCUT2D eigenvalue weighted by Crippen LogP contribution is -2.32. The van der Waals surface area contributed by atoms with Crippen molar-refractivity contribution in [2.45, 2.75) is 83.6 Å². The third-order valence-corrected chi connectivity index (χ3v) is 5.51. The van der Waals surface area contributed by atoms with Crippen molar-refractivity contribution in [1.29, 1.82) is 0 Å². The third kappa shape index (κ3) is 10.4. The number of benzene rings is 1. The van der Waals surface area contributed by atoms with Crippen LogP contribution in [0.4, 0.5) is 5.69 Å². The van der Waals surface area contributed by atoms with E-state index < -0.39 is 0 Å². The molecule has 1 heterocycles. The fourth-order valence-corrected chi connectivity index (χ4v) is 3.86. The minimum Gasteiger partial charge on any atom is -0.356 e. The van der Waals surface area contributed by atoms with E-state index in [1.807, 2.05) is 12.1 Å². The molecule has 158 valence electrons. The van der Waals surface area contributed by atoms with Crippen molar-refractivity contribution in [2.75, 3.05) is 5.32 Å². The Hall–Kier alpha value is -1.94. The molecule has 0 spiro atoms. The number of nitrogens with zero attached hydrogens (tertiary/aromatic N) is 1. The monoisotopic (exact) mass is 411 g/mol. The maximum absolute atomic E-state index is 5.55. The van der Waals surface area contributed by atoms with Crippen LogP contribution in [0.1, 0.15) is 89.2 Å². The number of unbranched alkanes of at least 4 members (excludes halogenated alkanes) is 9. The molecule has 1 aromatic carbocycles. The number of hydrogen-bond acceptors (Lipinski definition) is 2. The second-order valence-corrected chi connectivity index (χ2v) is 8.18.